The first kappa shape index (κ1) is 20.0. The molecule has 0 fully saturated rings. The van der Waals surface area contributed by atoms with E-state index < -0.39 is 4.92 Å². The van der Waals surface area contributed by atoms with Crippen LogP contribution in [0.3, 0.4) is 0 Å². The van der Waals surface area contributed by atoms with Crippen molar-refractivity contribution in [3.05, 3.63) is 69.8 Å². The highest BCUT2D eigenvalue weighted by Gasteiger charge is 2.13. The van der Waals surface area contributed by atoms with Crippen LogP contribution in [0.4, 0.5) is 5.69 Å². The number of unbranched alkanes of at least 4 members (excludes halogenated alkanes) is 2. The molecule has 0 atom stereocenters. The minimum atomic E-state index is -0.457. The average Bonchev–Trinajstić information content (AvgIpc) is 2.67. The van der Waals surface area contributed by atoms with Gasteiger partial charge >= 0.3 is 5.69 Å². The SMILES string of the molecule is COc1ccc(/C=C/CCC/C=C/c2ccc([N+](=O)[O-])c(OC)c2)cc1O. The predicted molar refractivity (Wildman–Crippen MR) is 106 cm³/mol. The van der Waals surface area contributed by atoms with E-state index in [2.05, 4.69) is 6.08 Å². The second kappa shape index (κ2) is 10.0. The van der Waals surface area contributed by atoms with Crippen LogP contribution in [0, 0.1) is 10.1 Å². The summed E-state index contributed by atoms with van der Waals surface area (Å²) in [7, 11) is 2.94. The number of hydrogen-bond acceptors (Lipinski definition) is 5. The van der Waals surface area contributed by atoms with Gasteiger partial charge in [0.2, 0.25) is 0 Å². The molecular weight excluding hydrogens is 346 g/mol. The molecule has 2 rings (SSSR count). The fourth-order valence-electron chi connectivity index (χ4n) is 2.55. The molecule has 0 unspecified atom stereocenters. The molecule has 0 heterocycles. The van der Waals surface area contributed by atoms with Gasteiger partial charge in [-0.15, -0.1) is 0 Å². The maximum Gasteiger partial charge on any atom is 0.310 e. The number of methoxy groups -OCH3 is 2. The van der Waals surface area contributed by atoms with Gasteiger partial charge in [0, 0.05) is 6.07 Å². The van der Waals surface area contributed by atoms with Crippen molar-refractivity contribution in [1.29, 1.82) is 0 Å². The summed E-state index contributed by atoms with van der Waals surface area (Å²) >= 11 is 0. The minimum absolute atomic E-state index is 0.0376. The highest BCUT2D eigenvalue weighted by Crippen LogP contribution is 2.28. The fraction of sp³-hybridized carbons (Fsp3) is 0.238. The first-order valence-corrected chi connectivity index (χ1v) is 8.57. The van der Waals surface area contributed by atoms with Crippen molar-refractivity contribution in [2.75, 3.05) is 14.2 Å². The van der Waals surface area contributed by atoms with Gasteiger partial charge in [0.05, 0.1) is 19.1 Å². The molecule has 142 valence electrons. The summed E-state index contributed by atoms with van der Waals surface area (Å²) in [6.45, 7) is 0. The van der Waals surface area contributed by atoms with E-state index in [1.54, 1.807) is 24.3 Å². The fourth-order valence-corrected chi connectivity index (χ4v) is 2.55. The number of aromatic hydroxyl groups is 1. The van der Waals surface area contributed by atoms with E-state index in [0.717, 1.165) is 30.4 Å². The van der Waals surface area contributed by atoms with Crippen molar-refractivity contribution in [3.63, 3.8) is 0 Å². The lowest BCUT2D eigenvalue weighted by molar-refractivity contribution is -0.385. The van der Waals surface area contributed by atoms with Gasteiger partial charge in [-0.1, -0.05) is 30.4 Å². The molecule has 0 saturated heterocycles. The molecule has 0 aliphatic carbocycles. The van der Waals surface area contributed by atoms with Crippen LogP contribution in [0.2, 0.25) is 0 Å². The first-order valence-electron chi connectivity index (χ1n) is 8.57. The van der Waals surface area contributed by atoms with Crippen molar-refractivity contribution in [2.45, 2.75) is 19.3 Å². The quantitative estimate of drug-likeness (QED) is 0.372. The zero-order valence-electron chi connectivity index (χ0n) is 15.4. The van der Waals surface area contributed by atoms with Gasteiger partial charge in [0.25, 0.3) is 0 Å². The number of nitrogens with zero attached hydrogens (tertiary/aromatic N) is 1. The molecule has 2 aromatic rings. The number of phenolic OH excluding ortho intramolecular Hbond substituents is 1. The third-order valence-corrected chi connectivity index (χ3v) is 3.97. The van der Waals surface area contributed by atoms with Gasteiger partial charge < -0.3 is 14.6 Å². The zero-order valence-corrected chi connectivity index (χ0v) is 15.4. The molecule has 0 amide bonds. The van der Waals surface area contributed by atoms with Crippen LogP contribution in [-0.2, 0) is 0 Å². The second-order valence-corrected chi connectivity index (χ2v) is 5.86. The smallest absolute Gasteiger partial charge is 0.310 e. The van der Waals surface area contributed by atoms with Crippen LogP contribution < -0.4 is 9.47 Å². The number of allylic oxidation sites excluding steroid dienone is 2. The standard InChI is InChI=1S/C21H23NO5/c1-26-20-13-11-16(14-19(20)23)8-6-4-3-5-7-9-17-10-12-18(22(24)25)21(15-17)27-2/h6-15,23H,3-5H2,1-2H3/b8-6+,9-7+. The number of ether oxygens (including phenoxy) is 2. The van der Waals surface area contributed by atoms with Gasteiger partial charge in [-0.3, -0.25) is 10.1 Å². The summed E-state index contributed by atoms with van der Waals surface area (Å²) in [5, 5.41) is 20.6. The second-order valence-electron chi connectivity index (χ2n) is 5.86. The molecule has 0 aliphatic rings. The van der Waals surface area contributed by atoms with E-state index in [1.165, 1.54) is 20.3 Å². The Kier molecular flexibility index (Phi) is 7.43. The molecule has 0 aliphatic heterocycles. The number of phenols is 1. The normalized spacial score (nSPS) is 11.2. The van der Waals surface area contributed by atoms with Crippen molar-refractivity contribution in [2.24, 2.45) is 0 Å². The molecule has 0 aromatic heterocycles. The van der Waals surface area contributed by atoms with Crippen LogP contribution in [0.15, 0.2) is 48.6 Å². The van der Waals surface area contributed by atoms with E-state index in [1.807, 2.05) is 24.3 Å². The lowest BCUT2D eigenvalue weighted by Gasteiger charge is -2.03. The molecule has 27 heavy (non-hydrogen) atoms. The maximum absolute atomic E-state index is 10.9. The Bertz CT molecular complexity index is 842. The van der Waals surface area contributed by atoms with Crippen LogP contribution in [0.1, 0.15) is 30.4 Å². The Morgan fingerprint density at radius 3 is 2.11 bits per heavy atom. The van der Waals surface area contributed by atoms with E-state index in [9.17, 15) is 15.2 Å². The summed E-state index contributed by atoms with van der Waals surface area (Å²) < 4.78 is 10.1. The predicted octanol–water partition coefficient (Wildman–Crippen LogP) is 5.21. The third-order valence-electron chi connectivity index (χ3n) is 3.97. The molecule has 0 bridgehead atoms. The van der Waals surface area contributed by atoms with Crippen LogP contribution in [0.5, 0.6) is 17.2 Å². The first-order chi connectivity index (χ1) is 13.0. The van der Waals surface area contributed by atoms with Gasteiger partial charge in [0.1, 0.15) is 0 Å². The highest BCUT2D eigenvalue weighted by atomic mass is 16.6. The van der Waals surface area contributed by atoms with Crippen molar-refractivity contribution in [1.82, 2.24) is 0 Å². The van der Waals surface area contributed by atoms with Crippen LogP contribution >= 0.6 is 0 Å². The van der Waals surface area contributed by atoms with Gasteiger partial charge in [-0.25, -0.2) is 0 Å². The van der Waals surface area contributed by atoms with E-state index in [0.29, 0.717) is 5.75 Å². The Labute approximate surface area is 158 Å². The summed E-state index contributed by atoms with van der Waals surface area (Å²) in [6, 6.07) is 10.1. The lowest BCUT2D eigenvalue weighted by Crippen LogP contribution is -1.93. The van der Waals surface area contributed by atoms with Crippen molar-refractivity contribution in [3.8, 4) is 17.2 Å². The summed E-state index contributed by atoms with van der Waals surface area (Å²) in [6.07, 6.45) is 10.7. The largest absolute Gasteiger partial charge is 0.504 e. The highest BCUT2D eigenvalue weighted by molar-refractivity contribution is 5.58. The van der Waals surface area contributed by atoms with Crippen molar-refractivity contribution >= 4 is 17.8 Å². The molecule has 0 saturated carbocycles. The molecule has 6 nitrogen and oxygen atoms in total. The molecule has 1 N–H and O–H groups in total. The Morgan fingerprint density at radius 1 is 0.963 bits per heavy atom. The molecule has 6 heteroatoms. The van der Waals surface area contributed by atoms with Gasteiger partial charge in [-0.2, -0.15) is 0 Å². The lowest BCUT2D eigenvalue weighted by atomic mass is 10.1. The average molecular weight is 369 g/mol. The number of hydrogen-bond donors (Lipinski definition) is 1. The van der Waals surface area contributed by atoms with E-state index in [-0.39, 0.29) is 17.2 Å². The number of nitro groups is 1. The summed E-state index contributed by atoms with van der Waals surface area (Å²) in [5.41, 5.74) is 1.74. The van der Waals surface area contributed by atoms with Crippen molar-refractivity contribution < 1.29 is 19.5 Å². The molecule has 0 spiro atoms. The van der Waals surface area contributed by atoms with E-state index in [4.69, 9.17) is 9.47 Å². The maximum atomic E-state index is 10.9. The number of benzene rings is 2. The Balaban J connectivity index is 1.81. The van der Waals surface area contributed by atoms with Gasteiger partial charge in [0.15, 0.2) is 17.2 Å². The van der Waals surface area contributed by atoms with Crippen LogP contribution in [-0.4, -0.2) is 24.2 Å². The number of nitro benzene ring substituents is 1. The Hall–Kier alpha value is -3.28. The molecule has 2 aromatic carbocycles. The summed E-state index contributed by atoms with van der Waals surface area (Å²) in [4.78, 5) is 10.4. The minimum Gasteiger partial charge on any atom is -0.504 e. The Morgan fingerprint density at radius 2 is 1.56 bits per heavy atom. The number of rotatable bonds is 9. The molecule has 0 radical (unpaired) electrons. The summed E-state index contributed by atoms with van der Waals surface area (Å²) in [5.74, 6) is 0.842. The van der Waals surface area contributed by atoms with Crippen LogP contribution in [0.25, 0.3) is 12.2 Å². The van der Waals surface area contributed by atoms with Gasteiger partial charge in [-0.05, 0) is 54.7 Å². The zero-order chi connectivity index (χ0) is 19.6. The molecular formula is C21H23NO5. The third kappa shape index (κ3) is 5.88. The van der Waals surface area contributed by atoms with E-state index >= 15 is 0 Å². The monoisotopic (exact) mass is 369 g/mol. The topological polar surface area (TPSA) is 81.8 Å².